The second kappa shape index (κ2) is 4.04. The zero-order valence-corrected chi connectivity index (χ0v) is 9.74. The van der Waals surface area contributed by atoms with Crippen LogP contribution in [0.3, 0.4) is 0 Å². The van der Waals surface area contributed by atoms with Crippen molar-refractivity contribution in [2.45, 2.75) is 11.8 Å². The summed E-state index contributed by atoms with van der Waals surface area (Å²) in [5, 5.41) is 1.97. The van der Waals surface area contributed by atoms with Gasteiger partial charge in [-0.2, -0.15) is 8.42 Å². The lowest BCUT2D eigenvalue weighted by molar-refractivity contribution is 0.483. The van der Waals surface area contributed by atoms with Crippen LogP contribution in [0.4, 0.5) is 5.69 Å². The van der Waals surface area contributed by atoms with Gasteiger partial charge in [-0.25, -0.2) is 5.43 Å². The maximum Gasteiger partial charge on any atom is 0.294 e. The molecule has 16 heavy (non-hydrogen) atoms. The Hall–Kier alpha value is -1.11. The van der Waals surface area contributed by atoms with Crippen molar-refractivity contribution in [2.24, 2.45) is 5.92 Å². The summed E-state index contributed by atoms with van der Waals surface area (Å²) < 4.78 is 30.5. The fourth-order valence-electron chi connectivity index (χ4n) is 1.70. The highest BCUT2D eigenvalue weighted by molar-refractivity contribution is 7.85. The summed E-state index contributed by atoms with van der Waals surface area (Å²) in [7, 11) is -4.09. The molecule has 0 spiro atoms. The van der Waals surface area contributed by atoms with Gasteiger partial charge in [0.15, 0.2) is 0 Å². The fourth-order valence-corrected chi connectivity index (χ4v) is 2.18. The number of benzene rings is 1. The third kappa shape index (κ3) is 2.34. The molecule has 1 fully saturated rings. The Kier molecular flexibility index (Phi) is 2.88. The predicted octanol–water partition coefficient (Wildman–Crippen LogP) is 0.894. The van der Waals surface area contributed by atoms with E-state index in [1.807, 2.05) is 5.01 Å². The Bertz CT molecular complexity index is 469. The van der Waals surface area contributed by atoms with Crippen molar-refractivity contribution in [1.29, 1.82) is 0 Å². The van der Waals surface area contributed by atoms with Crippen molar-refractivity contribution in [3.05, 3.63) is 24.3 Å². The van der Waals surface area contributed by atoms with E-state index in [0.29, 0.717) is 5.92 Å². The maximum absolute atomic E-state index is 10.8. The summed E-state index contributed by atoms with van der Waals surface area (Å²) in [5.74, 6) is 0.571. The standard InChI is InChI=1S/C10H14N2O3S/c1-8-6-11-12(7-8)9-2-4-10(5-3-9)16(13,14)15/h2-5,8,11H,6-7H2,1H3,(H,13,14,15)/t8-/m0/s1. The maximum atomic E-state index is 10.8. The van der Waals surface area contributed by atoms with Crippen molar-refractivity contribution in [3.63, 3.8) is 0 Å². The Morgan fingerprint density at radius 3 is 2.44 bits per heavy atom. The molecule has 1 aromatic carbocycles. The van der Waals surface area contributed by atoms with Crippen molar-refractivity contribution in [3.8, 4) is 0 Å². The first kappa shape index (κ1) is 11.4. The van der Waals surface area contributed by atoms with Gasteiger partial charge in [-0.3, -0.25) is 4.55 Å². The number of hydrogen-bond donors (Lipinski definition) is 2. The van der Waals surface area contributed by atoms with Gasteiger partial charge in [0.2, 0.25) is 0 Å². The highest BCUT2D eigenvalue weighted by atomic mass is 32.2. The Morgan fingerprint density at radius 2 is 2.00 bits per heavy atom. The summed E-state index contributed by atoms with van der Waals surface area (Å²) in [4.78, 5) is -0.0801. The molecule has 0 aromatic heterocycles. The predicted molar refractivity (Wildman–Crippen MR) is 60.8 cm³/mol. The van der Waals surface area contributed by atoms with Gasteiger partial charge in [0.05, 0.1) is 10.6 Å². The van der Waals surface area contributed by atoms with Gasteiger partial charge in [0.1, 0.15) is 0 Å². The van der Waals surface area contributed by atoms with Crippen LogP contribution in [0.2, 0.25) is 0 Å². The first-order valence-electron chi connectivity index (χ1n) is 5.05. The fraction of sp³-hybridized carbons (Fsp3) is 0.400. The Labute approximate surface area is 94.8 Å². The van der Waals surface area contributed by atoms with E-state index in [1.165, 1.54) is 12.1 Å². The first-order chi connectivity index (χ1) is 7.47. The van der Waals surface area contributed by atoms with Crippen LogP contribution >= 0.6 is 0 Å². The van der Waals surface area contributed by atoms with Crippen molar-refractivity contribution in [2.75, 3.05) is 18.1 Å². The van der Waals surface area contributed by atoms with E-state index in [1.54, 1.807) is 12.1 Å². The van der Waals surface area contributed by atoms with Gasteiger partial charge < -0.3 is 5.01 Å². The van der Waals surface area contributed by atoms with Gasteiger partial charge >= 0.3 is 0 Å². The third-order valence-electron chi connectivity index (χ3n) is 2.57. The average Bonchev–Trinajstić information content (AvgIpc) is 2.64. The lowest BCUT2D eigenvalue weighted by Crippen LogP contribution is -2.30. The number of hydrogen-bond acceptors (Lipinski definition) is 4. The molecular formula is C10H14N2O3S. The zero-order chi connectivity index (χ0) is 11.8. The summed E-state index contributed by atoms with van der Waals surface area (Å²) in [6.45, 7) is 3.95. The molecule has 0 unspecified atom stereocenters. The molecule has 1 aliphatic rings. The van der Waals surface area contributed by atoms with Crippen LogP contribution in [-0.4, -0.2) is 26.1 Å². The van der Waals surface area contributed by atoms with Crippen LogP contribution in [-0.2, 0) is 10.1 Å². The van der Waals surface area contributed by atoms with Crippen molar-refractivity contribution < 1.29 is 13.0 Å². The van der Waals surface area contributed by atoms with Crippen LogP contribution in [0.15, 0.2) is 29.2 Å². The van der Waals surface area contributed by atoms with Crippen molar-refractivity contribution >= 4 is 15.8 Å². The number of hydrazine groups is 1. The van der Waals surface area contributed by atoms with E-state index in [9.17, 15) is 8.42 Å². The van der Waals surface area contributed by atoms with E-state index in [4.69, 9.17) is 4.55 Å². The quantitative estimate of drug-likeness (QED) is 0.754. The Balaban J connectivity index is 2.20. The molecule has 1 saturated heterocycles. The van der Waals surface area contributed by atoms with E-state index in [0.717, 1.165) is 18.8 Å². The van der Waals surface area contributed by atoms with E-state index in [-0.39, 0.29) is 4.90 Å². The molecule has 88 valence electrons. The summed E-state index contributed by atoms with van der Waals surface area (Å²) >= 11 is 0. The molecule has 2 rings (SSSR count). The second-order valence-electron chi connectivity index (χ2n) is 4.05. The highest BCUT2D eigenvalue weighted by Crippen LogP contribution is 2.19. The van der Waals surface area contributed by atoms with Gasteiger partial charge in [0.25, 0.3) is 10.1 Å². The average molecular weight is 242 g/mol. The number of anilines is 1. The molecule has 0 aliphatic carbocycles. The summed E-state index contributed by atoms with van der Waals surface area (Å²) in [6.07, 6.45) is 0. The van der Waals surface area contributed by atoms with Crippen LogP contribution in [0, 0.1) is 5.92 Å². The minimum Gasteiger partial charge on any atom is -0.308 e. The van der Waals surface area contributed by atoms with Gasteiger partial charge in [-0.1, -0.05) is 6.92 Å². The lowest BCUT2D eigenvalue weighted by Gasteiger charge is -2.17. The largest absolute Gasteiger partial charge is 0.308 e. The topological polar surface area (TPSA) is 69.6 Å². The molecule has 1 heterocycles. The normalized spacial score (nSPS) is 21.4. The number of nitrogens with zero attached hydrogens (tertiary/aromatic N) is 1. The van der Waals surface area contributed by atoms with Gasteiger partial charge in [-0.15, -0.1) is 0 Å². The minimum absolute atomic E-state index is 0.0801. The van der Waals surface area contributed by atoms with Gasteiger partial charge in [0, 0.05) is 13.1 Å². The minimum atomic E-state index is -4.09. The first-order valence-corrected chi connectivity index (χ1v) is 6.49. The molecule has 0 radical (unpaired) electrons. The Morgan fingerprint density at radius 1 is 1.38 bits per heavy atom. The zero-order valence-electron chi connectivity index (χ0n) is 8.92. The van der Waals surface area contributed by atoms with Crippen molar-refractivity contribution in [1.82, 2.24) is 5.43 Å². The third-order valence-corrected chi connectivity index (χ3v) is 3.44. The van der Waals surface area contributed by atoms with Crippen LogP contribution < -0.4 is 10.4 Å². The highest BCUT2D eigenvalue weighted by Gasteiger charge is 2.18. The molecule has 1 atom stereocenters. The second-order valence-corrected chi connectivity index (χ2v) is 5.47. The molecule has 0 amide bonds. The van der Waals surface area contributed by atoms with Crippen LogP contribution in [0.1, 0.15) is 6.92 Å². The molecule has 5 nitrogen and oxygen atoms in total. The van der Waals surface area contributed by atoms with E-state index in [2.05, 4.69) is 12.3 Å². The van der Waals surface area contributed by atoms with Gasteiger partial charge in [-0.05, 0) is 30.2 Å². The monoisotopic (exact) mass is 242 g/mol. The van der Waals surface area contributed by atoms with Crippen LogP contribution in [0.25, 0.3) is 0 Å². The number of nitrogens with one attached hydrogen (secondary N) is 1. The van der Waals surface area contributed by atoms with E-state index >= 15 is 0 Å². The SMILES string of the molecule is C[C@H]1CNN(c2ccc(S(=O)(=O)O)cc2)C1. The summed E-state index contributed by atoms with van der Waals surface area (Å²) in [6, 6.07) is 6.15. The molecule has 0 saturated carbocycles. The van der Waals surface area contributed by atoms with E-state index < -0.39 is 10.1 Å². The molecule has 1 aliphatic heterocycles. The molecule has 1 aromatic rings. The summed E-state index contributed by atoms with van der Waals surface area (Å²) in [5.41, 5.74) is 4.10. The molecule has 2 N–H and O–H groups in total. The molecule has 6 heteroatoms. The van der Waals surface area contributed by atoms with Crippen LogP contribution in [0.5, 0.6) is 0 Å². The molecular weight excluding hydrogens is 228 g/mol. The number of rotatable bonds is 2. The lowest BCUT2D eigenvalue weighted by atomic mass is 10.2. The molecule has 0 bridgehead atoms. The smallest absolute Gasteiger partial charge is 0.294 e.